The van der Waals surface area contributed by atoms with Gasteiger partial charge in [0.15, 0.2) is 5.79 Å². The van der Waals surface area contributed by atoms with Crippen LogP contribution in [0.2, 0.25) is 0 Å². The summed E-state index contributed by atoms with van der Waals surface area (Å²) in [6.07, 6.45) is 8.83. The Morgan fingerprint density at radius 1 is 1.09 bits per heavy atom. The molecule has 1 saturated heterocycles. The Hall–Kier alpha value is -2.05. The highest BCUT2D eigenvalue weighted by Gasteiger charge is 2.81. The lowest BCUT2D eigenvalue weighted by Crippen LogP contribution is -2.60. The standard InChI is InChI=1S/C27H34O6/c1-24-10-9-20-19-7-6-18(29-3)15-17(19)5-8-21(20)26(24)11-12-27(24,25(2)31-13-14-32-25)22(16-26)33-23(28)30-4/h6-7,11-12,15,20-22H,5,8-10,13-14,16H2,1-4H3/t20-,21-,22-,24+,26?,27+/m1/s1. The van der Waals surface area contributed by atoms with Crippen molar-refractivity contribution in [3.05, 3.63) is 41.5 Å². The monoisotopic (exact) mass is 454 g/mol. The fraction of sp³-hybridized carbons (Fsp3) is 0.667. The number of carbonyl (C=O) groups is 1. The summed E-state index contributed by atoms with van der Waals surface area (Å²) in [4.78, 5) is 12.4. The number of hydrogen-bond acceptors (Lipinski definition) is 6. The summed E-state index contributed by atoms with van der Waals surface area (Å²) < 4.78 is 29.1. The smallest absolute Gasteiger partial charge is 0.497 e. The van der Waals surface area contributed by atoms with Crippen molar-refractivity contribution in [1.29, 1.82) is 0 Å². The van der Waals surface area contributed by atoms with E-state index in [0.717, 1.165) is 37.9 Å². The van der Waals surface area contributed by atoms with Crippen LogP contribution in [0.25, 0.3) is 0 Å². The van der Waals surface area contributed by atoms with Gasteiger partial charge >= 0.3 is 6.16 Å². The highest BCUT2D eigenvalue weighted by atomic mass is 16.7. The third kappa shape index (κ3) is 2.44. The molecule has 0 spiro atoms. The summed E-state index contributed by atoms with van der Waals surface area (Å²) in [7, 11) is 3.10. The molecule has 6 rings (SSSR count). The van der Waals surface area contributed by atoms with Gasteiger partial charge in [-0.15, -0.1) is 0 Å². The molecule has 2 bridgehead atoms. The van der Waals surface area contributed by atoms with E-state index in [2.05, 4.69) is 37.3 Å². The molecule has 1 heterocycles. The van der Waals surface area contributed by atoms with E-state index in [1.54, 1.807) is 7.11 Å². The van der Waals surface area contributed by atoms with Crippen molar-refractivity contribution >= 4 is 6.16 Å². The molecule has 0 N–H and O–H groups in total. The lowest BCUT2D eigenvalue weighted by atomic mass is 9.46. The second kappa shape index (κ2) is 6.98. The quantitative estimate of drug-likeness (QED) is 0.473. The Kier molecular flexibility index (Phi) is 4.55. The zero-order valence-electron chi connectivity index (χ0n) is 20.0. The number of aryl methyl sites for hydroxylation is 1. The minimum atomic E-state index is -0.831. The van der Waals surface area contributed by atoms with Crippen molar-refractivity contribution < 1.29 is 28.5 Å². The molecule has 3 fully saturated rings. The third-order valence-corrected chi connectivity index (χ3v) is 10.2. The topological polar surface area (TPSA) is 63.2 Å². The second-order valence-electron chi connectivity index (χ2n) is 10.8. The number of carbonyl (C=O) groups excluding carboxylic acids is 1. The van der Waals surface area contributed by atoms with Gasteiger partial charge in [-0.1, -0.05) is 25.1 Å². The molecule has 1 aromatic rings. The minimum absolute atomic E-state index is 0.0788. The summed E-state index contributed by atoms with van der Waals surface area (Å²) in [6, 6.07) is 6.59. The Morgan fingerprint density at radius 2 is 1.88 bits per heavy atom. The van der Waals surface area contributed by atoms with Crippen LogP contribution in [0.1, 0.15) is 56.6 Å². The van der Waals surface area contributed by atoms with E-state index in [1.165, 1.54) is 18.2 Å². The molecule has 4 aliphatic carbocycles. The van der Waals surface area contributed by atoms with Gasteiger partial charge in [0.1, 0.15) is 11.9 Å². The molecule has 0 aromatic heterocycles. The normalized spacial score (nSPS) is 41.8. The van der Waals surface area contributed by atoms with Crippen LogP contribution >= 0.6 is 0 Å². The maximum atomic E-state index is 12.4. The largest absolute Gasteiger partial charge is 0.508 e. The fourth-order valence-corrected chi connectivity index (χ4v) is 8.81. The van der Waals surface area contributed by atoms with Crippen LogP contribution in [0.15, 0.2) is 30.4 Å². The molecule has 0 amide bonds. The van der Waals surface area contributed by atoms with Crippen LogP contribution in [0.3, 0.4) is 0 Å². The first-order valence-corrected chi connectivity index (χ1v) is 12.2. The van der Waals surface area contributed by atoms with Gasteiger partial charge in [-0.05, 0) is 79.5 Å². The average Bonchev–Trinajstić information content (AvgIpc) is 3.45. The summed E-state index contributed by atoms with van der Waals surface area (Å²) in [5.41, 5.74) is 2.12. The molecule has 2 saturated carbocycles. The molecule has 1 aromatic carbocycles. The van der Waals surface area contributed by atoms with Crippen LogP contribution in [0.4, 0.5) is 4.79 Å². The van der Waals surface area contributed by atoms with Gasteiger partial charge < -0.3 is 23.7 Å². The predicted molar refractivity (Wildman–Crippen MR) is 121 cm³/mol. The maximum Gasteiger partial charge on any atom is 0.508 e. The highest BCUT2D eigenvalue weighted by Crippen LogP contribution is 2.81. The van der Waals surface area contributed by atoms with Crippen molar-refractivity contribution in [3.8, 4) is 5.75 Å². The first kappa shape index (κ1) is 21.5. The van der Waals surface area contributed by atoms with E-state index in [0.29, 0.717) is 25.0 Å². The van der Waals surface area contributed by atoms with E-state index in [4.69, 9.17) is 23.7 Å². The third-order valence-electron chi connectivity index (χ3n) is 10.2. The second-order valence-corrected chi connectivity index (χ2v) is 10.8. The number of rotatable bonds is 3. The predicted octanol–water partition coefficient (Wildman–Crippen LogP) is 5.00. The molecule has 0 radical (unpaired) electrons. The number of benzene rings is 1. The number of allylic oxidation sites excluding steroid dienone is 1. The number of methoxy groups -OCH3 is 2. The molecule has 1 unspecified atom stereocenters. The van der Waals surface area contributed by atoms with Crippen molar-refractivity contribution in [2.75, 3.05) is 27.4 Å². The van der Waals surface area contributed by atoms with Gasteiger partial charge in [0.05, 0.1) is 32.8 Å². The molecule has 178 valence electrons. The van der Waals surface area contributed by atoms with E-state index >= 15 is 0 Å². The SMILES string of the molecule is COC(=O)O[C@@H]1CC23C=C[C@@]1(C1(C)OCCO1)[C@@]2(C)CC[C@@H]1c2ccc(OC)cc2CC[C@H]13. The van der Waals surface area contributed by atoms with Crippen LogP contribution in [0.5, 0.6) is 5.75 Å². The van der Waals surface area contributed by atoms with Gasteiger partial charge in [0, 0.05) is 5.41 Å². The van der Waals surface area contributed by atoms with Crippen molar-refractivity contribution in [2.24, 2.45) is 22.2 Å². The Morgan fingerprint density at radius 3 is 2.61 bits per heavy atom. The summed E-state index contributed by atoms with van der Waals surface area (Å²) in [5.74, 6) is 1.07. The van der Waals surface area contributed by atoms with Crippen molar-refractivity contribution in [2.45, 2.75) is 63.8 Å². The summed E-state index contributed by atoms with van der Waals surface area (Å²) in [5, 5.41) is 0. The first-order valence-electron chi connectivity index (χ1n) is 12.2. The Labute approximate surface area is 195 Å². The minimum Gasteiger partial charge on any atom is -0.497 e. The fourth-order valence-electron chi connectivity index (χ4n) is 8.81. The molecule has 33 heavy (non-hydrogen) atoms. The van der Waals surface area contributed by atoms with Crippen LogP contribution in [-0.2, 0) is 25.4 Å². The average molecular weight is 455 g/mol. The van der Waals surface area contributed by atoms with E-state index in [1.807, 2.05) is 6.92 Å². The Bertz CT molecular complexity index is 1010. The van der Waals surface area contributed by atoms with E-state index in [-0.39, 0.29) is 16.9 Å². The van der Waals surface area contributed by atoms with E-state index < -0.39 is 17.4 Å². The number of fused-ring (bicyclic) bond motifs is 3. The van der Waals surface area contributed by atoms with Gasteiger partial charge in [-0.3, -0.25) is 0 Å². The number of hydrogen-bond donors (Lipinski definition) is 0. The first-order chi connectivity index (χ1) is 15.8. The molecule has 6 nitrogen and oxygen atoms in total. The van der Waals surface area contributed by atoms with Crippen molar-refractivity contribution in [1.82, 2.24) is 0 Å². The summed E-state index contributed by atoms with van der Waals surface area (Å²) in [6.45, 7) is 5.55. The molecule has 1 aliphatic heterocycles. The van der Waals surface area contributed by atoms with Crippen molar-refractivity contribution in [3.63, 3.8) is 0 Å². The summed E-state index contributed by atoms with van der Waals surface area (Å²) >= 11 is 0. The van der Waals surface area contributed by atoms with Crippen LogP contribution in [0, 0.1) is 22.2 Å². The molecule has 6 heteroatoms. The Balaban J connectivity index is 1.46. The molecule has 5 aliphatic rings. The molecular weight excluding hydrogens is 420 g/mol. The lowest BCUT2D eigenvalue weighted by Gasteiger charge is -2.59. The highest BCUT2D eigenvalue weighted by molar-refractivity contribution is 5.61. The molecule has 6 atom stereocenters. The van der Waals surface area contributed by atoms with Crippen LogP contribution < -0.4 is 4.74 Å². The van der Waals surface area contributed by atoms with Gasteiger partial charge in [-0.2, -0.15) is 0 Å². The number of ether oxygens (including phenoxy) is 5. The zero-order valence-corrected chi connectivity index (χ0v) is 20.0. The van der Waals surface area contributed by atoms with Gasteiger partial charge in [-0.25, -0.2) is 4.79 Å². The van der Waals surface area contributed by atoms with Gasteiger partial charge in [0.25, 0.3) is 0 Å². The zero-order chi connectivity index (χ0) is 23.1. The lowest BCUT2D eigenvalue weighted by molar-refractivity contribution is -0.264. The van der Waals surface area contributed by atoms with Gasteiger partial charge in [0.2, 0.25) is 0 Å². The molecular formula is C27H34O6. The maximum absolute atomic E-state index is 12.4. The van der Waals surface area contributed by atoms with E-state index in [9.17, 15) is 4.79 Å². The van der Waals surface area contributed by atoms with Crippen LogP contribution in [-0.4, -0.2) is 45.5 Å².